The lowest BCUT2D eigenvalue weighted by atomic mass is 10.1. The lowest BCUT2D eigenvalue weighted by molar-refractivity contribution is 0.0602. The van der Waals surface area contributed by atoms with Gasteiger partial charge in [0.25, 0.3) is 0 Å². The van der Waals surface area contributed by atoms with Gasteiger partial charge >= 0.3 is 5.97 Å². The molecule has 106 valence electrons. The van der Waals surface area contributed by atoms with Gasteiger partial charge in [-0.1, -0.05) is 24.3 Å². The van der Waals surface area contributed by atoms with Gasteiger partial charge in [0.05, 0.1) is 19.0 Å². The number of aromatic nitrogens is 2. The van der Waals surface area contributed by atoms with Crippen molar-refractivity contribution in [3.63, 3.8) is 0 Å². The minimum absolute atomic E-state index is 0.174. The highest BCUT2D eigenvalue weighted by Gasteiger charge is 2.17. The van der Waals surface area contributed by atoms with E-state index in [0.29, 0.717) is 11.1 Å². The maximum atomic E-state index is 11.6. The van der Waals surface area contributed by atoms with Crippen molar-refractivity contribution in [2.45, 2.75) is 0 Å². The van der Waals surface area contributed by atoms with E-state index in [9.17, 15) is 9.90 Å². The van der Waals surface area contributed by atoms with Gasteiger partial charge in [0.15, 0.2) is 0 Å². The van der Waals surface area contributed by atoms with E-state index in [-0.39, 0.29) is 17.1 Å². The largest absolute Gasteiger partial charge is 0.507 e. The molecule has 0 radical (unpaired) electrons. The van der Waals surface area contributed by atoms with Gasteiger partial charge in [-0.05, 0) is 12.1 Å². The number of aromatic hydroxyl groups is 1. The van der Waals surface area contributed by atoms with Gasteiger partial charge in [0, 0.05) is 10.8 Å². The molecule has 0 amide bonds. The number of hydrogen-bond donors (Lipinski definition) is 2. The number of esters is 1. The van der Waals surface area contributed by atoms with Gasteiger partial charge in [-0.2, -0.15) is 5.10 Å². The molecule has 6 nitrogen and oxygen atoms in total. The Morgan fingerprint density at radius 2 is 1.95 bits per heavy atom. The highest BCUT2D eigenvalue weighted by atomic mass is 16.5. The summed E-state index contributed by atoms with van der Waals surface area (Å²) in [5.74, 6) is -0.173. The number of benzene rings is 2. The van der Waals surface area contributed by atoms with E-state index < -0.39 is 5.97 Å². The fraction of sp³-hybridized carbons (Fsp3) is 0.0667. The molecule has 0 aliphatic heterocycles. The molecular formula is C15H13N3O3. The first-order valence-electron chi connectivity index (χ1n) is 6.26. The van der Waals surface area contributed by atoms with Crippen LogP contribution in [0, 0.1) is 0 Å². The van der Waals surface area contributed by atoms with Crippen molar-refractivity contribution in [2.75, 3.05) is 12.8 Å². The monoisotopic (exact) mass is 283 g/mol. The summed E-state index contributed by atoms with van der Waals surface area (Å²) >= 11 is 0. The number of methoxy groups -OCH3 is 1. The molecule has 0 unspecified atom stereocenters. The maximum absolute atomic E-state index is 11.6. The first kappa shape index (κ1) is 13.0. The van der Waals surface area contributed by atoms with Gasteiger partial charge in [0.2, 0.25) is 0 Å². The fourth-order valence-corrected chi connectivity index (χ4v) is 2.28. The molecule has 0 saturated carbocycles. The van der Waals surface area contributed by atoms with Crippen LogP contribution in [-0.4, -0.2) is 28.0 Å². The zero-order valence-corrected chi connectivity index (χ0v) is 11.3. The quantitative estimate of drug-likeness (QED) is 0.703. The summed E-state index contributed by atoms with van der Waals surface area (Å²) in [5, 5.41) is 15.5. The Morgan fingerprint density at radius 1 is 1.24 bits per heavy atom. The molecule has 0 aliphatic carbocycles. The number of carbonyl (C=O) groups is 1. The third-order valence-electron chi connectivity index (χ3n) is 3.32. The number of hydrogen-bond acceptors (Lipinski definition) is 5. The number of nitrogens with two attached hydrogens (primary N) is 1. The first-order chi connectivity index (χ1) is 10.1. The average Bonchev–Trinajstić information content (AvgIpc) is 2.88. The van der Waals surface area contributed by atoms with E-state index in [0.717, 1.165) is 5.39 Å². The zero-order chi connectivity index (χ0) is 15.0. The molecule has 6 heteroatoms. The summed E-state index contributed by atoms with van der Waals surface area (Å²) in [5.41, 5.74) is 6.86. The third-order valence-corrected chi connectivity index (χ3v) is 3.32. The predicted octanol–water partition coefficient (Wildman–Crippen LogP) is 2.10. The number of phenolic OH excluding ortho intramolecular Hbond substituents is 1. The Morgan fingerprint density at radius 3 is 2.71 bits per heavy atom. The summed E-state index contributed by atoms with van der Waals surface area (Å²) in [4.78, 5) is 11.6. The zero-order valence-electron chi connectivity index (χ0n) is 11.3. The van der Waals surface area contributed by atoms with E-state index in [4.69, 9.17) is 5.73 Å². The van der Waals surface area contributed by atoms with Gasteiger partial charge in [-0.25, -0.2) is 9.48 Å². The van der Waals surface area contributed by atoms with Gasteiger partial charge < -0.3 is 15.6 Å². The molecule has 0 saturated heterocycles. The number of phenols is 1. The van der Waals surface area contributed by atoms with Crippen LogP contribution in [0.1, 0.15) is 10.4 Å². The smallest absolute Gasteiger partial charge is 0.343 e. The summed E-state index contributed by atoms with van der Waals surface area (Å²) < 4.78 is 6.11. The van der Waals surface area contributed by atoms with E-state index in [1.165, 1.54) is 18.0 Å². The summed E-state index contributed by atoms with van der Waals surface area (Å²) in [6.07, 6.45) is 1.36. The molecule has 0 atom stereocenters. The van der Waals surface area contributed by atoms with Crippen molar-refractivity contribution in [3.8, 4) is 11.4 Å². The number of ether oxygens (including phenoxy) is 1. The maximum Gasteiger partial charge on any atom is 0.343 e. The third kappa shape index (κ3) is 1.97. The van der Waals surface area contributed by atoms with Crippen LogP contribution in [0.3, 0.4) is 0 Å². The van der Waals surface area contributed by atoms with Gasteiger partial charge in [-0.15, -0.1) is 0 Å². The summed E-state index contributed by atoms with van der Waals surface area (Å²) in [7, 11) is 1.29. The highest BCUT2D eigenvalue weighted by Crippen LogP contribution is 2.30. The number of carbonyl (C=O) groups excluding carboxylic acids is 1. The van der Waals surface area contributed by atoms with Crippen LogP contribution >= 0.6 is 0 Å². The minimum Gasteiger partial charge on any atom is -0.507 e. The van der Waals surface area contributed by atoms with Crippen LogP contribution in [-0.2, 0) is 4.74 Å². The Hall–Kier alpha value is -3.02. The number of anilines is 1. The molecule has 0 spiro atoms. The molecule has 3 aromatic rings. The standard InChI is InChI=1S/C15H13N3O3/c1-21-15(20)11-8-17-18(14(11)16)12-6-2-5-10-9(12)4-3-7-13(10)19/h2-8,19H,16H2,1H3. The molecular weight excluding hydrogens is 270 g/mol. The van der Waals surface area contributed by atoms with Crippen molar-refractivity contribution in [1.29, 1.82) is 0 Å². The van der Waals surface area contributed by atoms with Crippen LogP contribution in [0.15, 0.2) is 42.6 Å². The van der Waals surface area contributed by atoms with Crippen LogP contribution in [0.25, 0.3) is 16.5 Å². The molecule has 0 fully saturated rings. The van der Waals surface area contributed by atoms with Crippen molar-refractivity contribution in [2.24, 2.45) is 0 Å². The Kier molecular flexibility index (Phi) is 2.98. The lowest BCUT2D eigenvalue weighted by Crippen LogP contribution is -2.07. The van der Waals surface area contributed by atoms with Gasteiger partial charge in [0.1, 0.15) is 17.1 Å². The topological polar surface area (TPSA) is 90.4 Å². The van der Waals surface area contributed by atoms with E-state index >= 15 is 0 Å². The number of nitrogens with zero attached hydrogens (tertiary/aromatic N) is 2. The van der Waals surface area contributed by atoms with Crippen molar-refractivity contribution in [1.82, 2.24) is 9.78 Å². The number of fused-ring (bicyclic) bond motifs is 1. The van der Waals surface area contributed by atoms with Gasteiger partial charge in [-0.3, -0.25) is 0 Å². The SMILES string of the molecule is COC(=O)c1cnn(-c2cccc3c(O)cccc23)c1N. The Labute approximate surface area is 120 Å². The second-order valence-corrected chi connectivity index (χ2v) is 4.50. The van der Waals surface area contributed by atoms with E-state index in [1.807, 2.05) is 12.1 Å². The lowest BCUT2D eigenvalue weighted by Gasteiger charge is -2.09. The molecule has 21 heavy (non-hydrogen) atoms. The Balaban J connectivity index is 2.25. The molecule has 3 rings (SSSR count). The molecule has 0 bridgehead atoms. The average molecular weight is 283 g/mol. The second kappa shape index (κ2) is 4.82. The molecule has 3 N–H and O–H groups in total. The van der Waals surface area contributed by atoms with Crippen molar-refractivity contribution < 1.29 is 14.6 Å². The number of rotatable bonds is 2. The molecule has 2 aromatic carbocycles. The van der Waals surface area contributed by atoms with Crippen LogP contribution in [0.2, 0.25) is 0 Å². The van der Waals surface area contributed by atoms with Crippen molar-refractivity contribution >= 4 is 22.6 Å². The Bertz CT molecular complexity index is 839. The molecule has 1 aromatic heterocycles. The fourth-order valence-electron chi connectivity index (χ4n) is 2.28. The normalized spacial score (nSPS) is 10.7. The summed E-state index contributed by atoms with van der Waals surface area (Å²) in [6, 6.07) is 10.6. The summed E-state index contributed by atoms with van der Waals surface area (Å²) in [6.45, 7) is 0. The van der Waals surface area contributed by atoms with Crippen molar-refractivity contribution in [3.05, 3.63) is 48.2 Å². The highest BCUT2D eigenvalue weighted by molar-refractivity contribution is 5.97. The molecule has 1 heterocycles. The van der Waals surface area contributed by atoms with Crippen LogP contribution < -0.4 is 5.73 Å². The van der Waals surface area contributed by atoms with Crippen LogP contribution in [0.4, 0.5) is 5.82 Å². The minimum atomic E-state index is -0.540. The number of nitrogen functional groups attached to an aromatic ring is 1. The van der Waals surface area contributed by atoms with E-state index in [1.54, 1.807) is 24.3 Å². The predicted molar refractivity (Wildman–Crippen MR) is 78.5 cm³/mol. The second-order valence-electron chi connectivity index (χ2n) is 4.50. The van der Waals surface area contributed by atoms with Crippen LogP contribution in [0.5, 0.6) is 5.75 Å². The first-order valence-corrected chi connectivity index (χ1v) is 6.26. The molecule has 0 aliphatic rings. The van der Waals surface area contributed by atoms with E-state index in [2.05, 4.69) is 9.84 Å².